The minimum atomic E-state index is -1.05. The van der Waals surface area contributed by atoms with Crippen LogP contribution in [0.15, 0.2) is 0 Å². The molecule has 0 bridgehead atoms. The van der Waals surface area contributed by atoms with E-state index in [2.05, 4.69) is 0 Å². The van der Waals surface area contributed by atoms with E-state index in [0.717, 1.165) is 0 Å². The van der Waals surface area contributed by atoms with Gasteiger partial charge in [-0.3, -0.25) is 19.2 Å². The Hall–Kier alpha value is -1.32. The Balaban J connectivity index is -0.000000540. The van der Waals surface area contributed by atoms with Crippen LogP contribution in [0.4, 0.5) is 0 Å². The first kappa shape index (κ1) is 28.8. The molecule has 0 aliphatic heterocycles. The summed E-state index contributed by atoms with van der Waals surface area (Å²) >= 11 is 0. The van der Waals surface area contributed by atoms with Gasteiger partial charge in [0.1, 0.15) is 23.1 Å². The van der Waals surface area contributed by atoms with Gasteiger partial charge in [0.2, 0.25) is 0 Å². The maximum absolute atomic E-state index is 12.1. The first-order valence-electron chi connectivity index (χ1n) is 6.61. The lowest BCUT2D eigenvalue weighted by Gasteiger charge is -2.38. The fraction of sp³-hybridized carbons (Fsp3) is 0.778. The van der Waals surface area contributed by atoms with E-state index in [1.165, 1.54) is 27.7 Å². The van der Waals surface area contributed by atoms with Gasteiger partial charge in [-0.15, -0.1) is 0 Å². The Morgan fingerprint density at radius 2 is 1.27 bits per heavy atom. The van der Waals surface area contributed by atoms with Crippen molar-refractivity contribution in [1.82, 2.24) is 0 Å². The van der Waals surface area contributed by atoms with Crippen LogP contribution in [0.2, 0.25) is 0 Å². The van der Waals surface area contributed by atoms with Crippen LogP contribution >= 0.6 is 0 Å². The zero-order chi connectivity index (χ0) is 15.4. The molecule has 4 nitrogen and oxygen atoms in total. The first-order chi connectivity index (χ1) is 8.60. The van der Waals surface area contributed by atoms with E-state index >= 15 is 0 Å². The van der Waals surface area contributed by atoms with Gasteiger partial charge in [0, 0.05) is 23.7 Å². The summed E-state index contributed by atoms with van der Waals surface area (Å²) in [5.74, 6) is -1.96. The van der Waals surface area contributed by atoms with Crippen molar-refractivity contribution < 1.29 is 19.2 Å². The van der Waals surface area contributed by atoms with Crippen LogP contribution in [0.1, 0.15) is 76.7 Å². The van der Waals surface area contributed by atoms with Crippen molar-refractivity contribution in [3.05, 3.63) is 0 Å². The van der Waals surface area contributed by atoms with E-state index < -0.39 is 17.3 Å². The summed E-state index contributed by atoms with van der Waals surface area (Å²) in [6.45, 7) is 9.04. The van der Waals surface area contributed by atoms with Crippen molar-refractivity contribution >= 4 is 23.1 Å². The van der Waals surface area contributed by atoms with Crippen molar-refractivity contribution in [2.45, 2.75) is 76.7 Å². The van der Waals surface area contributed by atoms with Gasteiger partial charge in [0.25, 0.3) is 0 Å². The SMILES string of the molecule is C.C.C.CCC(CC(C)=O)(C(C)=O)C(C(C)=O)C(C)C(C)=O. The molecule has 0 fully saturated rings. The lowest BCUT2D eigenvalue weighted by Crippen LogP contribution is -2.46. The molecule has 22 heavy (non-hydrogen) atoms. The predicted octanol–water partition coefficient (Wildman–Crippen LogP) is 4.29. The molecule has 132 valence electrons. The van der Waals surface area contributed by atoms with Gasteiger partial charge >= 0.3 is 0 Å². The second kappa shape index (κ2) is 11.3. The smallest absolute Gasteiger partial charge is 0.137 e. The van der Waals surface area contributed by atoms with Gasteiger partial charge < -0.3 is 0 Å². The molecule has 4 heteroatoms. The molecule has 0 aromatic rings. The summed E-state index contributed by atoms with van der Waals surface area (Å²) in [4.78, 5) is 47.2. The molecule has 0 aliphatic rings. The van der Waals surface area contributed by atoms with Crippen LogP contribution in [-0.4, -0.2) is 23.1 Å². The number of Topliss-reactive ketones (excluding diaryl/α,β-unsaturated/α-hetero) is 4. The second-order valence-corrected chi connectivity index (χ2v) is 5.43. The summed E-state index contributed by atoms with van der Waals surface area (Å²) in [5.41, 5.74) is -1.05. The number of rotatable bonds is 8. The van der Waals surface area contributed by atoms with E-state index in [4.69, 9.17) is 0 Å². The molecule has 0 aromatic heterocycles. The molecular formula is C18H36O4. The third-order valence-corrected chi connectivity index (χ3v) is 4.07. The molecule has 3 unspecified atom stereocenters. The topological polar surface area (TPSA) is 68.3 Å². The fourth-order valence-electron chi connectivity index (χ4n) is 2.95. The lowest BCUT2D eigenvalue weighted by atomic mass is 9.61. The van der Waals surface area contributed by atoms with Gasteiger partial charge in [-0.05, 0) is 34.1 Å². The molecule has 0 N–H and O–H groups in total. The third kappa shape index (κ3) is 6.20. The largest absolute Gasteiger partial charge is 0.300 e. The molecule has 0 radical (unpaired) electrons. The molecule has 0 rings (SSSR count). The Morgan fingerprint density at radius 1 is 0.864 bits per heavy atom. The van der Waals surface area contributed by atoms with E-state index in [-0.39, 0.29) is 51.8 Å². The molecule has 0 amide bonds. The molecule has 3 atom stereocenters. The summed E-state index contributed by atoms with van der Waals surface area (Å²) in [6, 6.07) is 0. The number of hydrogen-bond acceptors (Lipinski definition) is 4. The van der Waals surface area contributed by atoms with Crippen molar-refractivity contribution in [2.75, 3.05) is 0 Å². The fourth-order valence-corrected chi connectivity index (χ4v) is 2.95. The van der Waals surface area contributed by atoms with Crippen molar-refractivity contribution in [1.29, 1.82) is 0 Å². The highest BCUT2D eigenvalue weighted by Gasteiger charge is 2.48. The zero-order valence-electron chi connectivity index (χ0n) is 12.7. The van der Waals surface area contributed by atoms with Gasteiger partial charge in [-0.2, -0.15) is 0 Å². The van der Waals surface area contributed by atoms with Gasteiger partial charge in [0.15, 0.2) is 0 Å². The Kier molecular flexibility index (Phi) is 14.8. The summed E-state index contributed by atoms with van der Waals surface area (Å²) in [6.07, 6.45) is 0.393. The van der Waals surface area contributed by atoms with E-state index in [0.29, 0.717) is 6.42 Å². The number of carbonyl (C=O) groups excluding carboxylic acids is 4. The molecular weight excluding hydrogens is 280 g/mol. The number of carbonyl (C=O) groups is 4. The van der Waals surface area contributed by atoms with E-state index in [1.807, 2.05) is 0 Å². The maximum atomic E-state index is 12.1. The Bertz CT molecular complexity index is 398. The van der Waals surface area contributed by atoms with Gasteiger partial charge in [0.05, 0.1) is 0 Å². The standard InChI is InChI=1S/C15H24O4.3CH4/c1-7-15(13(6)19,8-9(2)16)14(12(5)18)10(3)11(4)17;;;/h10,14H,7-8H2,1-6H3;3*1H4. The van der Waals surface area contributed by atoms with Crippen molar-refractivity contribution in [3.8, 4) is 0 Å². The highest BCUT2D eigenvalue weighted by atomic mass is 16.1. The molecule has 0 heterocycles. The van der Waals surface area contributed by atoms with Crippen LogP contribution in [-0.2, 0) is 19.2 Å². The van der Waals surface area contributed by atoms with Crippen LogP contribution < -0.4 is 0 Å². The van der Waals surface area contributed by atoms with Crippen molar-refractivity contribution in [2.24, 2.45) is 17.3 Å². The molecule has 0 saturated heterocycles. The van der Waals surface area contributed by atoms with Crippen LogP contribution in [0.3, 0.4) is 0 Å². The Labute approximate surface area is 137 Å². The first-order valence-corrected chi connectivity index (χ1v) is 6.61. The molecule has 0 aromatic carbocycles. The summed E-state index contributed by atoms with van der Waals surface area (Å²) in [7, 11) is 0. The summed E-state index contributed by atoms with van der Waals surface area (Å²) < 4.78 is 0. The molecule has 0 saturated carbocycles. The quantitative estimate of drug-likeness (QED) is 0.670. The minimum absolute atomic E-state index is 0. The third-order valence-electron chi connectivity index (χ3n) is 4.07. The van der Waals surface area contributed by atoms with E-state index in [1.54, 1.807) is 13.8 Å². The van der Waals surface area contributed by atoms with Crippen molar-refractivity contribution in [3.63, 3.8) is 0 Å². The van der Waals surface area contributed by atoms with Crippen LogP contribution in [0.5, 0.6) is 0 Å². The van der Waals surface area contributed by atoms with Crippen LogP contribution in [0.25, 0.3) is 0 Å². The molecule has 0 spiro atoms. The second-order valence-electron chi connectivity index (χ2n) is 5.43. The normalized spacial score (nSPS) is 14.8. The summed E-state index contributed by atoms with van der Waals surface area (Å²) in [5, 5.41) is 0. The Morgan fingerprint density at radius 3 is 1.45 bits per heavy atom. The lowest BCUT2D eigenvalue weighted by molar-refractivity contribution is -0.146. The average molecular weight is 316 g/mol. The average Bonchev–Trinajstić information content (AvgIpc) is 2.25. The maximum Gasteiger partial charge on any atom is 0.137 e. The highest BCUT2D eigenvalue weighted by molar-refractivity contribution is 5.97. The van der Waals surface area contributed by atoms with Gasteiger partial charge in [-0.25, -0.2) is 0 Å². The van der Waals surface area contributed by atoms with Gasteiger partial charge in [-0.1, -0.05) is 36.1 Å². The number of hydrogen-bond donors (Lipinski definition) is 0. The predicted molar refractivity (Wildman–Crippen MR) is 92.9 cm³/mol. The highest BCUT2D eigenvalue weighted by Crippen LogP contribution is 2.42. The monoisotopic (exact) mass is 316 g/mol. The zero-order valence-corrected chi connectivity index (χ0v) is 12.7. The van der Waals surface area contributed by atoms with E-state index in [9.17, 15) is 19.2 Å². The number of ketones is 4. The molecule has 0 aliphatic carbocycles. The van der Waals surface area contributed by atoms with Crippen LogP contribution in [0, 0.1) is 17.3 Å². The minimum Gasteiger partial charge on any atom is -0.300 e.